The van der Waals surface area contributed by atoms with Gasteiger partial charge >= 0.3 is 6.18 Å². The van der Waals surface area contributed by atoms with Crippen LogP contribution in [0.5, 0.6) is 11.5 Å². The molecule has 152 valence electrons. The molecule has 0 aliphatic rings. The smallest absolute Gasteiger partial charge is 0.416 e. The van der Waals surface area contributed by atoms with Crippen molar-refractivity contribution in [1.82, 2.24) is 9.97 Å². The summed E-state index contributed by atoms with van der Waals surface area (Å²) >= 11 is 5.92. The van der Waals surface area contributed by atoms with Gasteiger partial charge < -0.3 is 10.1 Å². The Kier molecular flexibility index (Phi) is 6.27. The number of halogens is 4. The topological polar surface area (TPSA) is 47.0 Å². The number of aryl methyl sites for hydroxylation is 1. The van der Waals surface area contributed by atoms with Gasteiger partial charge in [-0.25, -0.2) is 9.97 Å². The number of rotatable bonds is 6. The van der Waals surface area contributed by atoms with Gasteiger partial charge in [-0.05, 0) is 56.2 Å². The van der Waals surface area contributed by atoms with Crippen molar-refractivity contribution in [2.45, 2.75) is 26.4 Å². The van der Waals surface area contributed by atoms with E-state index in [0.29, 0.717) is 12.3 Å². The maximum atomic E-state index is 12.7. The SMILES string of the molecule is Cc1ncnc(NCCc2ccc(Oc3ccc(C(F)(F)F)cc3Cl)cc2)c1C. The molecule has 0 radical (unpaired) electrons. The van der Waals surface area contributed by atoms with Gasteiger partial charge in [-0.1, -0.05) is 23.7 Å². The Morgan fingerprint density at radius 3 is 2.41 bits per heavy atom. The lowest BCUT2D eigenvalue weighted by molar-refractivity contribution is -0.137. The van der Waals surface area contributed by atoms with Gasteiger partial charge in [0.1, 0.15) is 23.6 Å². The van der Waals surface area contributed by atoms with Crippen LogP contribution in [-0.4, -0.2) is 16.5 Å². The van der Waals surface area contributed by atoms with E-state index in [1.165, 1.54) is 12.4 Å². The lowest BCUT2D eigenvalue weighted by Crippen LogP contribution is -2.08. The first-order valence-electron chi connectivity index (χ1n) is 8.89. The van der Waals surface area contributed by atoms with Crippen LogP contribution in [0, 0.1) is 13.8 Å². The molecule has 2 aromatic carbocycles. The van der Waals surface area contributed by atoms with E-state index in [1.54, 1.807) is 12.1 Å². The zero-order valence-corrected chi connectivity index (χ0v) is 16.6. The molecule has 3 aromatic rings. The van der Waals surface area contributed by atoms with Gasteiger partial charge in [0.05, 0.1) is 10.6 Å². The summed E-state index contributed by atoms with van der Waals surface area (Å²) in [4.78, 5) is 8.38. The second-order valence-corrected chi connectivity index (χ2v) is 6.91. The number of anilines is 1. The Labute approximate surface area is 171 Å². The van der Waals surface area contributed by atoms with Gasteiger partial charge in [0.25, 0.3) is 0 Å². The van der Waals surface area contributed by atoms with Gasteiger partial charge in [-0.15, -0.1) is 0 Å². The van der Waals surface area contributed by atoms with E-state index in [0.717, 1.165) is 41.2 Å². The molecule has 0 unspecified atom stereocenters. The molecule has 4 nitrogen and oxygen atoms in total. The molecule has 0 saturated heterocycles. The predicted molar refractivity (Wildman–Crippen MR) is 107 cm³/mol. The Morgan fingerprint density at radius 1 is 1.03 bits per heavy atom. The molecule has 0 spiro atoms. The molecule has 0 atom stereocenters. The summed E-state index contributed by atoms with van der Waals surface area (Å²) in [6.45, 7) is 4.60. The molecule has 0 aliphatic heterocycles. The van der Waals surface area contributed by atoms with Crippen molar-refractivity contribution in [1.29, 1.82) is 0 Å². The summed E-state index contributed by atoms with van der Waals surface area (Å²) < 4.78 is 43.7. The highest BCUT2D eigenvalue weighted by Crippen LogP contribution is 2.36. The molecule has 1 N–H and O–H groups in total. The number of hydrogen-bond donors (Lipinski definition) is 1. The summed E-state index contributed by atoms with van der Waals surface area (Å²) in [6.07, 6.45) is -2.14. The van der Waals surface area contributed by atoms with Gasteiger partial charge in [0, 0.05) is 17.8 Å². The minimum atomic E-state index is -4.44. The Bertz CT molecular complexity index is 991. The van der Waals surface area contributed by atoms with Crippen LogP contribution in [0.25, 0.3) is 0 Å². The third kappa shape index (κ3) is 5.38. The largest absolute Gasteiger partial charge is 0.456 e. The van der Waals surface area contributed by atoms with Gasteiger partial charge in [-0.3, -0.25) is 0 Å². The van der Waals surface area contributed by atoms with E-state index in [1.807, 2.05) is 26.0 Å². The molecule has 1 aromatic heterocycles. The summed E-state index contributed by atoms with van der Waals surface area (Å²) in [7, 11) is 0. The van der Waals surface area contributed by atoms with Gasteiger partial charge in [-0.2, -0.15) is 13.2 Å². The molecule has 0 saturated carbocycles. The highest BCUT2D eigenvalue weighted by molar-refractivity contribution is 6.32. The first-order chi connectivity index (χ1) is 13.7. The molecule has 3 rings (SSSR count). The van der Waals surface area contributed by atoms with E-state index >= 15 is 0 Å². The van der Waals surface area contributed by atoms with E-state index in [-0.39, 0.29) is 10.8 Å². The Morgan fingerprint density at radius 2 is 1.76 bits per heavy atom. The predicted octanol–water partition coefficient (Wildman–Crippen LogP) is 6.21. The lowest BCUT2D eigenvalue weighted by Gasteiger charge is -2.12. The Hall–Kier alpha value is -2.80. The first-order valence-corrected chi connectivity index (χ1v) is 9.27. The molecule has 0 amide bonds. The molecule has 8 heteroatoms. The highest BCUT2D eigenvalue weighted by Gasteiger charge is 2.31. The molecule has 0 bridgehead atoms. The molecule has 1 heterocycles. The van der Waals surface area contributed by atoms with Crippen molar-refractivity contribution < 1.29 is 17.9 Å². The van der Waals surface area contributed by atoms with Gasteiger partial charge in [0.15, 0.2) is 0 Å². The number of alkyl halides is 3. The standard InChI is InChI=1S/C21H19ClF3N3O/c1-13-14(2)27-12-28-20(13)26-10-9-15-3-6-17(7-4-15)29-19-8-5-16(11-18(19)22)21(23,24)25/h3-8,11-12H,9-10H2,1-2H3,(H,26,27,28). The van der Waals surface area contributed by atoms with E-state index < -0.39 is 11.7 Å². The molecule has 0 fully saturated rings. The number of nitrogens with one attached hydrogen (secondary N) is 1. The second kappa shape index (κ2) is 8.69. The van der Waals surface area contributed by atoms with Crippen LogP contribution in [0.4, 0.5) is 19.0 Å². The summed E-state index contributed by atoms with van der Waals surface area (Å²) in [6, 6.07) is 10.3. The van der Waals surface area contributed by atoms with E-state index in [2.05, 4.69) is 15.3 Å². The average Bonchev–Trinajstić information content (AvgIpc) is 2.67. The van der Waals surface area contributed by atoms with Crippen molar-refractivity contribution in [3.8, 4) is 11.5 Å². The summed E-state index contributed by atoms with van der Waals surface area (Å²) in [5.41, 5.74) is 2.22. The quantitative estimate of drug-likeness (QED) is 0.513. The first kappa shape index (κ1) is 20.9. The van der Waals surface area contributed by atoms with Crippen molar-refractivity contribution >= 4 is 17.4 Å². The zero-order chi connectivity index (χ0) is 21.0. The lowest BCUT2D eigenvalue weighted by atomic mass is 10.1. The van der Waals surface area contributed by atoms with Gasteiger partial charge in [0.2, 0.25) is 0 Å². The Balaban J connectivity index is 1.58. The fraction of sp³-hybridized carbons (Fsp3) is 0.238. The van der Waals surface area contributed by atoms with Crippen LogP contribution >= 0.6 is 11.6 Å². The van der Waals surface area contributed by atoms with Crippen LogP contribution in [0.1, 0.15) is 22.4 Å². The van der Waals surface area contributed by atoms with Crippen molar-refractivity contribution in [3.63, 3.8) is 0 Å². The highest BCUT2D eigenvalue weighted by atomic mass is 35.5. The third-order valence-electron chi connectivity index (χ3n) is 4.45. The molecule has 0 aliphatic carbocycles. The maximum Gasteiger partial charge on any atom is 0.416 e. The number of aromatic nitrogens is 2. The van der Waals surface area contributed by atoms with Crippen LogP contribution in [0.3, 0.4) is 0 Å². The monoisotopic (exact) mass is 421 g/mol. The normalized spacial score (nSPS) is 11.4. The van der Waals surface area contributed by atoms with E-state index in [4.69, 9.17) is 16.3 Å². The number of benzene rings is 2. The zero-order valence-electron chi connectivity index (χ0n) is 15.8. The molecular formula is C21H19ClF3N3O. The van der Waals surface area contributed by atoms with Crippen LogP contribution in [-0.2, 0) is 12.6 Å². The van der Waals surface area contributed by atoms with Crippen LogP contribution in [0.2, 0.25) is 5.02 Å². The average molecular weight is 422 g/mol. The summed E-state index contributed by atoms with van der Waals surface area (Å²) in [5, 5.41) is 3.20. The fourth-order valence-electron chi connectivity index (χ4n) is 2.65. The van der Waals surface area contributed by atoms with E-state index in [9.17, 15) is 13.2 Å². The molecule has 29 heavy (non-hydrogen) atoms. The number of ether oxygens (including phenoxy) is 1. The second-order valence-electron chi connectivity index (χ2n) is 6.50. The van der Waals surface area contributed by atoms with Crippen molar-refractivity contribution in [2.75, 3.05) is 11.9 Å². The maximum absolute atomic E-state index is 12.7. The minimum absolute atomic E-state index is 0.0939. The third-order valence-corrected chi connectivity index (χ3v) is 4.75. The number of nitrogens with zero attached hydrogens (tertiary/aromatic N) is 2. The van der Waals surface area contributed by atoms with Crippen molar-refractivity contribution in [2.24, 2.45) is 0 Å². The summed E-state index contributed by atoms with van der Waals surface area (Å²) in [5.74, 6) is 1.48. The fourth-order valence-corrected chi connectivity index (χ4v) is 2.87. The van der Waals surface area contributed by atoms with Crippen LogP contribution in [0.15, 0.2) is 48.8 Å². The number of hydrogen-bond acceptors (Lipinski definition) is 4. The van der Waals surface area contributed by atoms with Crippen molar-refractivity contribution in [3.05, 3.63) is 76.2 Å². The molecular weight excluding hydrogens is 403 g/mol. The van der Waals surface area contributed by atoms with Crippen LogP contribution < -0.4 is 10.1 Å². The minimum Gasteiger partial charge on any atom is -0.456 e.